The van der Waals surface area contributed by atoms with Crippen LogP contribution in [0.1, 0.15) is 39.4 Å². The van der Waals surface area contributed by atoms with Crippen LogP contribution in [0.5, 0.6) is 0 Å². The molecule has 1 radical (unpaired) electrons. The van der Waals surface area contributed by atoms with Gasteiger partial charge in [0.2, 0.25) is 0 Å². The van der Waals surface area contributed by atoms with E-state index in [1.165, 1.54) is 0 Å². The highest BCUT2D eigenvalue weighted by Crippen LogP contribution is 2.40. The van der Waals surface area contributed by atoms with Crippen LogP contribution < -0.4 is 0 Å². The molecular formula is C34H31F6N2. The molecule has 1 fully saturated rings. The minimum Gasteiger partial charge on any atom is -0.291 e. The van der Waals surface area contributed by atoms with Gasteiger partial charge < -0.3 is 0 Å². The molecule has 0 saturated carbocycles. The maximum atomic E-state index is 13.6. The van der Waals surface area contributed by atoms with Crippen molar-refractivity contribution in [1.29, 1.82) is 0 Å². The molecule has 1 aliphatic rings. The highest BCUT2D eigenvalue weighted by Gasteiger charge is 2.40. The summed E-state index contributed by atoms with van der Waals surface area (Å²) in [6, 6.07) is 31.2. The molecular weight excluding hydrogens is 550 g/mol. The van der Waals surface area contributed by atoms with E-state index in [0.29, 0.717) is 26.2 Å². The molecule has 4 aromatic carbocycles. The average molecular weight is 582 g/mol. The highest BCUT2D eigenvalue weighted by molar-refractivity contribution is 5.38. The SMILES string of the molecule is [CH2]C(Cc1cc(C(F)(F)F)cc(C(F)(F)F)c1)(c1ccccc1)N1CCN(C(c2ccccc2)c2ccccc2)CC1. The predicted molar refractivity (Wildman–Crippen MR) is 151 cm³/mol. The molecule has 8 heteroatoms. The monoisotopic (exact) mass is 581 g/mol. The fourth-order valence-corrected chi connectivity index (χ4v) is 5.90. The van der Waals surface area contributed by atoms with Crippen molar-refractivity contribution in [2.45, 2.75) is 30.4 Å². The molecule has 0 spiro atoms. The second-order valence-corrected chi connectivity index (χ2v) is 10.7. The summed E-state index contributed by atoms with van der Waals surface area (Å²) in [4.78, 5) is 4.44. The normalized spacial score (nSPS) is 16.9. The molecule has 0 amide bonds. The van der Waals surface area contributed by atoms with Crippen molar-refractivity contribution in [3.63, 3.8) is 0 Å². The van der Waals surface area contributed by atoms with Gasteiger partial charge in [0.1, 0.15) is 0 Å². The predicted octanol–water partition coefficient (Wildman–Crippen LogP) is 8.40. The van der Waals surface area contributed by atoms with Crippen LogP contribution in [-0.2, 0) is 24.3 Å². The average Bonchev–Trinajstić information content (AvgIpc) is 2.98. The number of rotatable bonds is 7. The van der Waals surface area contributed by atoms with Crippen LogP contribution in [-0.4, -0.2) is 36.0 Å². The van der Waals surface area contributed by atoms with E-state index in [2.05, 4.69) is 41.0 Å². The lowest BCUT2D eigenvalue weighted by atomic mass is 9.82. The quantitative estimate of drug-likeness (QED) is 0.202. The zero-order chi connectivity index (χ0) is 30.0. The fraction of sp³-hybridized carbons (Fsp3) is 0.265. The molecule has 219 valence electrons. The lowest BCUT2D eigenvalue weighted by Crippen LogP contribution is -2.56. The summed E-state index contributed by atoms with van der Waals surface area (Å²) in [5.74, 6) is 0. The van der Waals surface area contributed by atoms with Gasteiger partial charge in [-0.2, -0.15) is 26.3 Å². The number of benzene rings is 4. The Bertz CT molecular complexity index is 1370. The van der Waals surface area contributed by atoms with Gasteiger partial charge in [-0.25, -0.2) is 0 Å². The summed E-state index contributed by atoms with van der Waals surface area (Å²) in [6.07, 6.45) is -9.95. The number of alkyl halides is 6. The third-order valence-electron chi connectivity index (χ3n) is 7.97. The molecule has 1 saturated heterocycles. The van der Waals surface area contributed by atoms with Crippen molar-refractivity contribution >= 4 is 0 Å². The molecule has 1 atom stereocenters. The Morgan fingerprint density at radius 3 is 1.43 bits per heavy atom. The summed E-state index contributed by atoms with van der Waals surface area (Å²) >= 11 is 0. The summed E-state index contributed by atoms with van der Waals surface area (Å²) < 4.78 is 81.9. The first-order chi connectivity index (χ1) is 19.9. The molecule has 4 aromatic rings. The van der Waals surface area contributed by atoms with Crippen LogP contribution in [0, 0.1) is 6.92 Å². The van der Waals surface area contributed by atoms with Crippen molar-refractivity contribution in [3.8, 4) is 0 Å². The van der Waals surface area contributed by atoms with E-state index in [0.717, 1.165) is 28.8 Å². The van der Waals surface area contributed by atoms with Crippen LogP contribution in [0.2, 0.25) is 0 Å². The van der Waals surface area contributed by atoms with Crippen molar-refractivity contribution in [2.75, 3.05) is 26.2 Å². The Balaban J connectivity index is 1.47. The van der Waals surface area contributed by atoms with E-state index in [-0.39, 0.29) is 24.1 Å². The molecule has 1 aliphatic heterocycles. The summed E-state index contributed by atoms with van der Waals surface area (Å²) in [5.41, 5.74) is -0.774. The van der Waals surface area contributed by atoms with E-state index in [4.69, 9.17) is 0 Å². The van der Waals surface area contributed by atoms with Gasteiger partial charge in [0, 0.05) is 26.2 Å². The van der Waals surface area contributed by atoms with Crippen molar-refractivity contribution in [2.24, 2.45) is 0 Å². The third-order valence-corrected chi connectivity index (χ3v) is 7.97. The topological polar surface area (TPSA) is 6.48 Å². The van der Waals surface area contributed by atoms with Crippen LogP contribution in [0.3, 0.4) is 0 Å². The number of hydrogen-bond donors (Lipinski definition) is 0. The Labute approximate surface area is 242 Å². The number of piperazine rings is 1. The van der Waals surface area contributed by atoms with Gasteiger partial charge in [-0.1, -0.05) is 91.0 Å². The van der Waals surface area contributed by atoms with Crippen LogP contribution in [0.4, 0.5) is 26.3 Å². The van der Waals surface area contributed by atoms with Gasteiger partial charge in [-0.15, -0.1) is 0 Å². The van der Waals surface area contributed by atoms with E-state index < -0.39 is 29.0 Å². The Hall–Kier alpha value is -3.62. The summed E-state index contributed by atoms with van der Waals surface area (Å²) in [5, 5.41) is 0. The lowest BCUT2D eigenvalue weighted by Gasteiger charge is -2.48. The smallest absolute Gasteiger partial charge is 0.291 e. The molecule has 1 heterocycles. The first kappa shape index (κ1) is 29.9. The maximum Gasteiger partial charge on any atom is 0.416 e. The Morgan fingerprint density at radius 2 is 1.00 bits per heavy atom. The summed E-state index contributed by atoms with van der Waals surface area (Å²) in [6.45, 7) is 6.80. The van der Waals surface area contributed by atoms with Crippen LogP contribution in [0.15, 0.2) is 109 Å². The third kappa shape index (κ3) is 6.55. The molecule has 1 unspecified atom stereocenters. The van der Waals surface area contributed by atoms with E-state index in [9.17, 15) is 26.3 Å². The number of halogens is 6. The molecule has 0 N–H and O–H groups in total. The van der Waals surface area contributed by atoms with Gasteiger partial charge in [-0.3, -0.25) is 9.80 Å². The van der Waals surface area contributed by atoms with Crippen LogP contribution in [0.25, 0.3) is 0 Å². The van der Waals surface area contributed by atoms with Crippen molar-refractivity contribution in [1.82, 2.24) is 9.80 Å². The zero-order valence-corrected chi connectivity index (χ0v) is 22.9. The number of nitrogens with zero attached hydrogens (tertiary/aromatic N) is 2. The van der Waals surface area contributed by atoms with Crippen molar-refractivity contribution < 1.29 is 26.3 Å². The Kier molecular flexibility index (Phi) is 8.49. The van der Waals surface area contributed by atoms with Crippen LogP contribution >= 0.6 is 0 Å². The largest absolute Gasteiger partial charge is 0.416 e. The van der Waals surface area contributed by atoms with E-state index in [1.54, 1.807) is 12.1 Å². The van der Waals surface area contributed by atoms with Gasteiger partial charge in [0.25, 0.3) is 0 Å². The minimum absolute atomic E-state index is 0.00306. The van der Waals surface area contributed by atoms with Gasteiger partial charge >= 0.3 is 12.4 Å². The standard InChI is InChI=1S/C34H31F6N2/c1-32(28-15-9-4-10-16-28,24-25-21-29(33(35,36)37)23-30(22-25)34(38,39)40)42-19-17-41(18-20-42)31(26-11-5-2-6-12-26)27-13-7-3-8-14-27/h2-16,21-23,31H,1,17-20,24H2. The first-order valence-electron chi connectivity index (χ1n) is 13.7. The Morgan fingerprint density at radius 1 is 0.571 bits per heavy atom. The van der Waals surface area contributed by atoms with Crippen molar-refractivity contribution in [3.05, 3.63) is 149 Å². The molecule has 0 aliphatic carbocycles. The first-order valence-corrected chi connectivity index (χ1v) is 13.7. The second kappa shape index (κ2) is 11.9. The molecule has 2 nitrogen and oxygen atoms in total. The van der Waals surface area contributed by atoms with E-state index >= 15 is 0 Å². The maximum absolute atomic E-state index is 13.6. The summed E-state index contributed by atoms with van der Waals surface area (Å²) in [7, 11) is 0. The molecule has 0 aromatic heterocycles. The van der Waals surface area contributed by atoms with Gasteiger partial charge in [0.15, 0.2) is 0 Å². The molecule has 0 bridgehead atoms. The lowest BCUT2D eigenvalue weighted by molar-refractivity contribution is -0.143. The number of hydrogen-bond acceptors (Lipinski definition) is 2. The zero-order valence-electron chi connectivity index (χ0n) is 22.9. The van der Waals surface area contributed by atoms with Gasteiger partial charge in [0.05, 0.1) is 22.7 Å². The van der Waals surface area contributed by atoms with E-state index in [1.807, 2.05) is 54.6 Å². The second-order valence-electron chi connectivity index (χ2n) is 10.7. The fourth-order valence-electron chi connectivity index (χ4n) is 5.90. The van der Waals surface area contributed by atoms with Gasteiger partial charge in [-0.05, 0) is 53.8 Å². The highest BCUT2D eigenvalue weighted by atomic mass is 19.4. The molecule has 42 heavy (non-hydrogen) atoms. The minimum atomic E-state index is -4.91. The molecule has 5 rings (SSSR count).